The molecule has 0 unspecified atom stereocenters. The van der Waals surface area contributed by atoms with Crippen molar-refractivity contribution in [2.75, 3.05) is 27.5 Å². The monoisotopic (exact) mass is 443 g/mol. The third-order valence-corrected chi connectivity index (χ3v) is 8.30. The molecule has 1 amide bonds. The maximum absolute atomic E-state index is 12.6. The summed E-state index contributed by atoms with van der Waals surface area (Å²) in [6.45, 7) is 6.01. The number of aryl methyl sites for hydroxylation is 2. The molecule has 0 aliphatic carbocycles. The molecule has 2 aromatic rings. The Morgan fingerprint density at radius 3 is 2.60 bits per heavy atom. The summed E-state index contributed by atoms with van der Waals surface area (Å²) in [6.07, 6.45) is 0. The number of amidine groups is 1. The van der Waals surface area contributed by atoms with E-state index in [1.807, 2.05) is 68.1 Å². The molecule has 2 aliphatic heterocycles. The Kier molecular flexibility index (Phi) is 5.63. The number of amides is 1. The number of fused-ring (bicyclic) bond motifs is 1. The SMILES string of the molecule is Cc1ccc(N2C(SCC(=O)Nc3cccc(C)c3C)=N[C@H]3CS(=O)(=O)C[C@@H]32)cc1. The number of hydrogen-bond donors (Lipinski definition) is 1. The van der Waals surface area contributed by atoms with Gasteiger partial charge in [0.15, 0.2) is 15.0 Å². The topological polar surface area (TPSA) is 78.8 Å². The van der Waals surface area contributed by atoms with Gasteiger partial charge in [0.1, 0.15) is 0 Å². The number of benzene rings is 2. The van der Waals surface area contributed by atoms with Crippen LogP contribution in [0.2, 0.25) is 0 Å². The summed E-state index contributed by atoms with van der Waals surface area (Å²) in [5.74, 6) is 0.262. The Bertz CT molecular complexity index is 1110. The minimum absolute atomic E-state index is 0.0682. The molecule has 1 fully saturated rings. The molecule has 0 spiro atoms. The van der Waals surface area contributed by atoms with Crippen molar-refractivity contribution < 1.29 is 13.2 Å². The first-order chi connectivity index (χ1) is 14.2. The van der Waals surface area contributed by atoms with Crippen molar-refractivity contribution in [2.24, 2.45) is 4.99 Å². The molecule has 2 heterocycles. The zero-order chi connectivity index (χ0) is 21.5. The number of sulfone groups is 1. The highest BCUT2D eigenvalue weighted by Crippen LogP contribution is 2.35. The molecule has 1 saturated heterocycles. The summed E-state index contributed by atoms with van der Waals surface area (Å²) in [5.41, 5.74) is 5.03. The molecule has 8 heteroatoms. The molecular weight excluding hydrogens is 418 g/mol. The summed E-state index contributed by atoms with van der Waals surface area (Å²) in [6, 6.07) is 13.3. The van der Waals surface area contributed by atoms with E-state index in [0.29, 0.717) is 5.17 Å². The van der Waals surface area contributed by atoms with Crippen LogP contribution in [0.15, 0.2) is 47.5 Å². The fourth-order valence-electron chi connectivity index (χ4n) is 3.84. The number of nitrogens with one attached hydrogen (secondary N) is 1. The number of anilines is 2. The van der Waals surface area contributed by atoms with Gasteiger partial charge in [-0.05, 0) is 50.1 Å². The highest BCUT2D eigenvalue weighted by molar-refractivity contribution is 8.14. The van der Waals surface area contributed by atoms with Crippen molar-refractivity contribution in [3.05, 3.63) is 59.2 Å². The molecule has 0 bridgehead atoms. The second kappa shape index (κ2) is 8.07. The van der Waals surface area contributed by atoms with E-state index in [1.54, 1.807) is 0 Å². The van der Waals surface area contributed by atoms with Crippen molar-refractivity contribution in [1.29, 1.82) is 0 Å². The van der Waals surface area contributed by atoms with Gasteiger partial charge in [-0.2, -0.15) is 0 Å². The van der Waals surface area contributed by atoms with Crippen LogP contribution >= 0.6 is 11.8 Å². The molecular formula is C22H25N3O3S2. The van der Waals surface area contributed by atoms with Crippen LogP contribution in [0, 0.1) is 20.8 Å². The highest BCUT2D eigenvalue weighted by Gasteiger charge is 2.47. The van der Waals surface area contributed by atoms with Gasteiger partial charge in [0.2, 0.25) is 5.91 Å². The van der Waals surface area contributed by atoms with Gasteiger partial charge >= 0.3 is 0 Å². The van der Waals surface area contributed by atoms with Gasteiger partial charge in [-0.15, -0.1) is 0 Å². The van der Waals surface area contributed by atoms with Crippen molar-refractivity contribution in [1.82, 2.24) is 0 Å². The minimum atomic E-state index is -3.10. The first-order valence-corrected chi connectivity index (χ1v) is 12.7. The molecule has 2 aromatic carbocycles. The number of rotatable bonds is 4. The van der Waals surface area contributed by atoms with E-state index in [0.717, 1.165) is 28.1 Å². The lowest BCUT2D eigenvalue weighted by atomic mass is 10.1. The van der Waals surface area contributed by atoms with Gasteiger partial charge < -0.3 is 10.2 Å². The average Bonchev–Trinajstić information content (AvgIpc) is 3.16. The van der Waals surface area contributed by atoms with Gasteiger partial charge in [-0.1, -0.05) is 41.6 Å². The Morgan fingerprint density at radius 2 is 1.87 bits per heavy atom. The third kappa shape index (κ3) is 4.25. The lowest BCUT2D eigenvalue weighted by Crippen LogP contribution is -2.39. The maximum Gasteiger partial charge on any atom is 0.234 e. The number of nitrogens with zero attached hydrogens (tertiary/aromatic N) is 2. The van der Waals surface area contributed by atoms with Crippen molar-refractivity contribution >= 4 is 44.0 Å². The second-order valence-electron chi connectivity index (χ2n) is 7.91. The predicted octanol–water partition coefficient (Wildman–Crippen LogP) is 3.33. The van der Waals surface area contributed by atoms with E-state index in [2.05, 4.69) is 10.3 Å². The van der Waals surface area contributed by atoms with Crippen LogP contribution in [0.5, 0.6) is 0 Å². The van der Waals surface area contributed by atoms with Gasteiger partial charge in [0, 0.05) is 11.4 Å². The first kappa shape index (κ1) is 20.9. The third-order valence-electron chi connectivity index (χ3n) is 5.63. The lowest BCUT2D eigenvalue weighted by Gasteiger charge is -2.26. The minimum Gasteiger partial charge on any atom is -0.325 e. The summed E-state index contributed by atoms with van der Waals surface area (Å²) < 4.78 is 24.3. The van der Waals surface area contributed by atoms with Crippen LogP contribution < -0.4 is 10.2 Å². The van der Waals surface area contributed by atoms with E-state index in [-0.39, 0.29) is 35.2 Å². The molecule has 2 atom stereocenters. The van der Waals surface area contributed by atoms with Gasteiger partial charge in [-0.25, -0.2) is 8.42 Å². The van der Waals surface area contributed by atoms with Crippen molar-refractivity contribution in [3.63, 3.8) is 0 Å². The van der Waals surface area contributed by atoms with Crippen LogP contribution in [-0.2, 0) is 14.6 Å². The number of aliphatic imine (C=N–C) groups is 1. The smallest absolute Gasteiger partial charge is 0.234 e. The number of carbonyl (C=O) groups is 1. The fraction of sp³-hybridized carbons (Fsp3) is 0.364. The average molecular weight is 444 g/mol. The fourth-order valence-corrected chi connectivity index (χ4v) is 6.61. The lowest BCUT2D eigenvalue weighted by molar-refractivity contribution is -0.113. The molecule has 0 saturated carbocycles. The van der Waals surface area contributed by atoms with Gasteiger partial charge in [0.25, 0.3) is 0 Å². The van der Waals surface area contributed by atoms with E-state index in [4.69, 9.17) is 0 Å². The van der Waals surface area contributed by atoms with Crippen molar-refractivity contribution in [2.45, 2.75) is 32.9 Å². The highest BCUT2D eigenvalue weighted by atomic mass is 32.2. The molecule has 158 valence electrons. The van der Waals surface area contributed by atoms with Gasteiger partial charge in [-0.3, -0.25) is 9.79 Å². The van der Waals surface area contributed by atoms with E-state index in [9.17, 15) is 13.2 Å². The summed E-state index contributed by atoms with van der Waals surface area (Å²) in [5, 5.41) is 3.68. The zero-order valence-corrected chi connectivity index (χ0v) is 18.9. The molecule has 4 rings (SSSR count). The van der Waals surface area contributed by atoms with Gasteiger partial charge in [0.05, 0.1) is 29.3 Å². The van der Waals surface area contributed by atoms with Crippen LogP contribution in [0.4, 0.5) is 11.4 Å². The number of thioether (sulfide) groups is 1. The Labute approximate surface area is 181 Å². The summed E-state index contributed by atoms with van der Waals surface area (Å²) in [7, 11) is -3.10. The number of carbonyl (C=O) groups excluding carboxylic acids is 1. The molecule has 1 N–H and O–H groups in total. The Balaban J connectivity index is 1.51. The Morgan fingerprint density at radius 1 is 1.13 bits per heavy atom. The van der Waals surface area contributed by atoms with Crippen molar-refractivity contribution in [3.8, 4) is 0 Å². The summed E-state index contributed by atoms with van der Waals surface area (Å²) in [4.78, 5) is 19.2. The Hall–Kier alpha value is -2.32. The quantitative estimate of drug-likeness (QED) is 0.784. The maximum atomic E-state index is 12.6. The number of hydrogen-bond acceptors (Lipinski definition) is 6. The molecule has 0 radical (unpaired) electrons. The summed E-state index contributed by atoms with van der Waals surface area (Å²) >= 11 is 1.35. The van der Waals surface area contributed by atoms with E-state index in [1.165, 1.54) is 11.8 Å². The molecule has 30 heavy (non-hydrogen) atoms. The van der Waals surface area contributed by atoms with Crippen LogP contribution in [0.1, 0.15) is 16.7 Å². The largest absolute Gasteiger partial charge is 0.325 e. The normalized spacial score (nSPS) is 22.0. The van der Waals surface area contributed by atoms with E-state index < -0.39 is 9.84 Å². The van der Waals surface area contributed by atoms with Crippen LogP contribution in [-0.4, -0.2) is 48.8 Å². The standard InChI is InChI=1S/C22H25N3O3S2/c1-14-7-9-17(10-8-14)25-20-13-30(27,28)12-19(20)24-22(25)29-11-21(26)23-18-6-4-5-15(2)16(18)3/h4-10,19-20H,11-13H2,1-3H3,(H,23,26)/t19-,20-/m0/s1. The first-order valence-electron chi connectivity index (χ1n) is 9.86. The molecule has 6 nitrogen and oxygen atoms in total. The van der Waals surface area contributed by atoms with E-state index >= 15 is 0 Å². The van der Waals surface area contributed by atoms with Crippen LogP contribution in [0.25, 0.3) is 0 Å². The predicted molar refractivity (Wildman–Crippen MR) is 124 cm³/mol. The second-order valence-corrected chi connectivity index (χ2v) is 11.0. The zero-order valence-electron chi connectivity index (χ0n) is 17.3. The van der Waals surface area contributed by atoms with Crippen LogP contribution in [0.3, 0.4) is 0 Å². The molecule has 2 aliphatic rings. The molecule has 0 aromatic heterocycles.